The normalized spacial score (nSPS) is 11.2. The topological polar surface area (TPSA) is 112 Å². The van der Waals surface area contributed by atoms with Gasteiger partial charge in [0.2, 0.25) is 10.3 Å². The summed E-state index contributed by atoms with van der Waals surface area (Å²) in [5.74, 6) is -0.458. The molecule has 0 spiro atoms. The van der Waals surface area contributed by atoms with Gasteiger partial charge < -0.3 is 19.1 Å². The van der Waals surface area contributed by atoms with Crippen molar-refractivity contribution in [1.82, 2.24) is 24.7 Å². The number of methoxy groups -OCH3 is 1. The molecule has 1 N–H and O–H groups in total. The Labute approximate surface area is 225 Å². The van der Waals surface area contributed by atoms with Crippen LogP contribution in [0.3, 0.4) is 0 Å². The molecular weight excluding hydrogens is 533 g/mol. The molecule has 0 unspecified atom stereocenters. The van der Waals surface area contributed by atoms with E-state index in [-0.39, 0.29) is 18.6 Å². The molecule has 194 valence electrons. The van der Waals surface area contributed by atoms with Gasteiger partial charge in [0.15, 0.2) is 5.01 Å². The van der Waals surface area contributed by atoms with E-state index < -0.39 is 11.8 Å². The number of fused-ring (bicyclic) bond motifs is 1. The number of benzene rings is 2. The lowest BCUT2D eigenvalue weighted by molar-refractivity contribution is 0.0697. The van der Waals surface area contributed by atoms with Gasteiger partial charge in [-0.3, -0.25) is 0 Å². The smallest absolute Gasteiger partial charge is 0.335 e. The van der Waals surface area contributed by atoms with Crippen LogP contribution in [0.1, 0.15) is 26.8 Å². The van der Waals surface area contributed by atoms with Crippen LogP contribution in [0.2, 0.25) is 4.47 Å². The SMILES string of the molecule is COCCn1c(Cc2ccc(-c3cccc(OCc4nnc(Cl)s4)n3)cc2F)nc2ccc(C(=O)O)cc21. The number of pyridine rings is 1. The summed E-state index contributed by atoms with van der Waals surface area (Å²) in [5.41, 5.74) is 3.04. The van der Waals surface area contributed by atoms with Crippen LogP contribution in [0, 0.1) is 5.82 Å². The van der Waals surface area contributed by atoms with Crippen LogP contribution < -0.4 is 4.74 Å². The first-order chi connectivity index (χ1) is 18.4. The molecule has 12 heteroatoms. The van der Waals surface area contributed by atoms with E-state index >= 15 is 4.39 Å². The van der Waals surface area contributed by atoms with E-state index in [1.165, 1.54) is 23.5 Å². The number of nitrogens with zero attached hydrogens (tertiary/aromatic N) is 5. The fraction of sp³-hybridized carbons (Fsp3) is 0.192. The highest BCUT2D eigenvalue weighted by Crippen LogP contribution is 2.26. The molecule has 3 aromatic heterocycles. The summed E-state index contributed by atoms with van der Waals surface area (Å²) in [4.78, 5) is 20.6. The fourth-order valence-electron chi connectivity index (χ4n) is 3.98. The third-order valence-corrected chi connectivity index (χ3v) is 6.79. The fourth-order valence-corrected chi connectivity index (χ4v) is 4.76. The standard InChI is InChI=1S/C26H21ClFN5O4S/c1-36-10-9-33-21-12-17(25(34)35)7-8-20(21)29-22(33)13-15-5-6-16(11-18(15)28)19-3-2-4-23(30-19)37-14-24-31-32-26(27)38-24/h2-8,11-12H,9-10,13-14H2,1H3,(H,34,35). The summed E-state index contributed by atoms with van der Waals surface area (Å²) in [5, 5.41) is 17.7. The lowest BCUT2D eigenvalue weighted by atomic mass is 10.1. The predicted octanol–water partition coefficient (Wildman–Crippen LogP) is 5.26. The average molecular weight is 554 g/mol. The van der Waals surface area contributed by atoms with Crippen molar-refractivity contribution in [2.45, 2.75) is 19.6 Å². The minimum absolute atomic E-state index is 0.156. The molecule has 3 heterocycles. The molecule has 0 aliphatic carbocycles. The van der Waals surface area contributed by atoms with E-state index in [2.05, 4.69) is 20.2 Å². The molecule has 0 radical (unpaired) electrons. The van der Waals surface area contributed by atoms with Gasteiger partial charge in [0, 0.05) is 31.7 Å². The van der Waals surface area contributed by atoms with Crippen LogP contribution in [0.15, 0.2) is 54.6 Å². The van der Waals surface area contributed by atoms with E-state index in [1.54, 1.807) is 49.6 Å². The Balaban J connectivity index is 1.38. The predicted molar refractivity (Wildman–Crippen MR) is 140 cm³/mol. The Kier molecular flexibility index (Phi) is 7.59. The largest absolute Gasteiger partial charge is 0.478 e. The molecule has 2 aromatic carbocycles. The number of hydrogen-bond donors (Lipinski definition) is 1. The van der Waals surface area contributed by atoms with Gasteiger partial charge in [-0.25, -0.2) is 19.2 Å². The van der Waals surface area contributed by atoms with Crippen molar-refractivity contribution < 1.29 is 23.8 Å². The second-order valence-corrected chi connectivity index (χ2v) is 9.91. The number of hydrogen-bond acceptors (Lipinski definition) is 8. The summed E-state index contributed by atoms with van der Waals surface area (Å²) in [7, 11) is 1.58. The van der Waals surface area contributed by atoms with Crippen molar-refractivity contribution in [3.05, 3.63) is 86.8 Å². The van der Waals surface area contributed by atoms with Gasteiger partial charge in [0.1, 0.15) is 18.2 Å². The molecule has 0 saturated heterocycles. The van der Waals surface area contributed by atoms with Gasteiger partial charge in [0.05, 0.1) is 28.9 Å². The number of halogens is 2. The summed E-state index contributed by atoms with van der Waals surface area (Å²) in [6, 6.07) is 14.9. The van der Waals surface area contributed by atoms with Crippen molar-refractivity contribution in [3.63, 3.8) is 0 Å². The summed E-state index contributed by atoms with van der Waals surface area (Å²) in [6.07, 6.45) is 0.216. The lowest BCUT2D eigenvalue weighted by Crippen LogP contribution is -2.10. The average Bonchev–Trinajstić information content (AvgIpc) is 3.49. The number of ether oxygens (including phenoxy) is 2. The van der Waals surface area contributed by atoms with Gasteiger partial charge in [-0.15, -0.1) is 10.2 Å². The van der Waals surface area contributed by atoms with E-state index in [0.717, 1.165) is 0 Å². The zero-order valence-electron chi connectivity index (χ0n) is 20.1. The van der Waals surface area contributed by atoms with Crippen LogP contribution in [0.5, 0.6) is 5.88 Å². The molecule has 0 aliphatic heterocycles. The Morgan fingerprint density at radius 2 is 2.00 bits per heavy atom. The number of imidazole rings is 1. The van der Waals surface area contributed by atoms with Crippen LogP contribution in [0.25, 0.3) is 22.3 Å². The first-order valence-corrected chi connectivity index (χ1v) is 12.7. The third kappa shape index (κ3) is 5.64. The molecular formula is C26H21ClFN5O4S. The van der Waals surface area contributed by atoms with Gasteiger partial charge in [-0.1, -0.05) is 29.5 Å². The molecule has 5 aromatic rings. The highest BCUT2D eigenvalue weighted by Gasteiger charge is 2.16. The van der Waals surface area contributed by atoms with E-state index in [9.17, 15) is 9.90 Å². The number of aromatic nitrogens is 5. The third-order valence-electron chi connectivity index (χ3n) is 5.80. The lowest BCUT2D eigenvalue weighted by Gasteiger charge is -2.11. The van der Waals surface area contributed by atoms with Crippen molar-refractivity contribution in [2.24, 2.45) is 0 Å². The van der Waals surface area contributed by atoms with E-state index in [4.69, 9.17) is 21.1 Å². The van der Waals surface area contributed by atoms with Gasteiger partial charge in [0.25, 0.3) is 0 Å². The summed E-state index contributed by atoms with van der Waals surface area (Å²) < 4.78 is 28.4. The summed E-state index contributed by atoms with van der Waals surface area (Å²) >= 11 is 7.02. The van der Waals surface area contributed by atoms with Crippen molar-refractivity contribution in [1.29, 1.82) is 0 Å². The second kappa shape index (κ2) is 11.2. The molecule has 0 amide bonds. The van der Waals surface area contributed by atoms with Crippen molar-refractivity contribution in [2.75, 3.05) is 13.7 Å². The number of carbonyl (C=O) groups is 1. The van der Waals surface area contributed by atoms with Gasteiger partial charge in [-0.2, -0.15) is 0 Å². The zero-order valence-corrected chi connectivity index (χ0v) is 21.7. The quantitative estimate of drug-likeness (QED) is 0.249. The maximum atomic E-state index is 15.3. The van der Waals surface area contributed by atoms with Gasteiger partial charge >= 0.3 is 5.97 Å². The number of carboxylic acid groups (broad SMARTS) is 1. The van der Waals surface area contributed by atoms with Crippen molar-refractivity contribution >= 4 is 39.9 Å². The Bertz CT molecular complexity index is 1620. The number of aromatic carboxylic acids is 1. The number of rotatable bonds is 10. The molecule has 0 atom stereocenters. The van der Waals surface area contributed by atoms with Crippen LogP contribution in [-0.2, 0) is 24.3 Å². The number of carboxylic acids is 1. The van der Waals surface area contributed by atoms with Gasteiger partial charge in [-0.05, 0) is 47.5 Å². The molecule has 0 fully saturated rings. The molecule has 9 nitrogen and oxygen atoms in total. The zero-order chi connectivity index (χ0) is 26.6. The Hall–Kier alpha value is -3.93. The van der Waals surface area contributed by atoms with Crippen LogP contribution >= 0.6 is 22.9 Å². The van der Waals surface area contributed by atoms with E-state index in [0.29, 0.717) is 62.2 Å². The van der Waals surface area contributed by atoms with Crippen molar-refractivity contribution in [3.8, 4) is 17.1 Å². The molecule has 38 heavy (non-hydrogen) atoms. The molecule has 5 rings (SSSR count). The first kappa shape index (κ1) is 25.7. The second-order valence-electron chi connectivity index (χ2n) is 8.26. The first-order valence-electron chi connectivity index (χ1n) is 11.5. The maximum Gasteiger partial charge on any atom is 0.335 e. The maximum absolute atomic E-state index is 15.3. The van der Waals surface area contributed by atoms with E-state index in [1.807, 2.05) is 4.57 Å². The molecule has 0 aliphatic rings. The minimum Gasteiger partial charge on any atom is -0.478 e. The highest BCUT2D eigenvalue weighted by molar-refractivity contribution is 7.15. The van der Waals surface area contributed by atoms with Crippen LogP contribution in [0.4, 0.5) is 4.39 Å². The molecule has 0 saturated carbocycles. The summed E-state index contributed by atoms with van der Waals surface area (Å²) in [6.45, 7) is 1.02. The monoisotopic (exact) mass is 553 g/mol. The highest BCUT2D eigenvalue weighted by atomic mass is 35.5. The Morgan fingerprint density at radius 3 is 2.74 bits per heavy atom. The minimum atomic E-state index is -1.03. The molecule has 0 bridgehead atoms. The Morgan fingerprint density at radius 1 is 1.13 bits per heavy atom. The van der Waals surface area contributed by atoms with Crippen LogP contribution in [-0.4, -0.2) is 49.5 Å².